The monoisotopic (exact) mass is 328 g/mol. The molecule has 0 aliphatic rings. The van der Waals surface area contributed by atoms with E-state index < -0.39 is 23.4 Å². The lowest BCUT2D eigenvalue weighted by molar-refractivity contribution is -0.107. The van der Waals surface area contributed by atoms with Crippen LogP contribution in [0.4, 0.5) is 9.59 Å². The summed E-state index contributed by atoms with van der Waals surface area (Å²) in [6, 6.07) is 0. The summed E-state index contributed by atoms with van der Waals surface area (Å²) in [4.78, 5) is 37.7. The maximum atomic E-state index is 11.8. The molecule has 0 radical (unpaired) electrons. The van der Waals surface area contributed by atoms with Gasteiger partial charge < -0.3 is 14.3 Å². The van der Waals surface area contributed by atoms with Gasteiger partial charge in [0.15, 0.2) is 0 Å². The summed E-state index contributed by atoms with van der Waals surface area (Å²) >= 11 is 0. The van der Waals surface area contributed by atoms with E-state index in [1.807, 2.05) is 0 Å². The average molecular weight is 328 g/mol. The zero-order valence-corrected chi connectivity index (χ0v) is 14.9. The van der Waals surface area contributed by atoms with Gasteiger partial charge in [-0.25, -0.2) is 9.59 Å². The summed E-state index contributed by atoms with van der Waals surface area (Å²) in [6.45, 7) is 10.4. The van der Waals surface area contributed by atoms with Crippen molar-refractivity contribution in [1.82, 2.24) is 5.32 Å². The smallest absolute Gasteiger partial charge is 0.435 e. The van der Waals surface area contributed by atoms with E-state index in [1.165, 1.54) is 0 Å². The van der Waals surface area contributed by atoms with Gasteiger partial charge in [0, 0.05) is 12.8 Å². The number of rotatable bonds is 5. The number of nitrogens with one attached hydrogen (secondary N) is 1. The van der Waals surface area contributed by atoms with Gasteiger partial charge in [0.25, 0.3) is 0 Å². The second-order valence-corrected chi connectivity index (χ2v) is 7.08. The molecular weight excluding hydrogens is 300 g/mol. The highest BCUT2D eigenvalue weighted by molar-refractivity contribution is 6.00. The number of nitrogens with zero attached hydrogens (tertiary/aromatic N) is 1. The maximum absolute atomic E-state index is 11.8. The molecule has 0 unspecified atom stereocenters. The van der Waals surface area contributed by atoms with E-state index >= 15 is 0 Å². The highest BCUT2D eigenvalue weighted by atomic mass is 16.6. The van der Waals surface area contributed by atoms with Crippen molar-refractivity contribution >= 4 is 24.3 Å². The zero-order chi connectivity index (χ0) is 18.1. The number of hydrogen-bond acceptors (Lipinski definition) is 5. The summed E-state index contributed by atoms with van der Waals surface area (Å²) in [5.74, 6) is 0.166. The highest BCUT2D eigenvalue weighted by Gasteiger charge is 2.20. The fourth-order valence-electron chi connectivity index (χ4n) is 1.48. The van der Waals surface area contributed by atoms with E-state index in [2.05, 4.69) is 10.3 Å². The van der Waals surface area contributed by atoms with Crippen LogP contribution in [0.2, 0.25) is 0 Å². The van der Waals surface area contributed by atoms with Crippen LogP contribution < -0.4 is 5.32 Å². The lowest BCUT2D eigenvalue weighted by atomic mass is 10.2. The summed E-state index contributed by atoms with van der Waals surface area (Å²) in [5, 5.41) is 2.47. The molecule has 7 nitrogen and oxygen atoms in total. The van der Waals surface area contributed by atoms with Crippen LogP contribution in [0, 0.1) is 0 Å². The molecule has 0 bridgehead atoms. The molecule has 0 atom stereocenters. The fraction of sp³-hybridized carbons (Fsp3) is 0.750. The van der Waals surface area contributed by atoms with Crippen LogP contribution in [-0.2, 0) is 14.3 Å². The Labute approximate surface area is 137 Å². The van der Waals surface area contributed by atoms with Gasteiger partial charge in [0.2, 0.25) is 0 Å². The van der Waals surface area contributed by atoms with E-state index in [0.29, 0.717) is 25.7 Å². The number of carbonyl (C=O) groups excluding carboxylic acids is 3. The first-order chi connectivity index (χ1) is 10.4. The number of alkyl carbamates (subject to hydrolysis) is 1. The Hall–Kier alpha value is -1.92. The normalized spacial score (nSPS) is 12.5. The third-order valence-corrected chi connectivity index (χ3v) is 2.25. The molecule has 1 N–H and O–H groups in total. The summed E-state index contributed by atoms with van der Waals surface area (Å²) in [6.07, 6.45) is 1.38. The number of aldehydes is 1. The van der Waals surface area contributed by atoms with Gasteiger partial charge in [0.1, 0.15) is 23.3 Å². The molecule has 0 aromatic carbocycles. The van der Waals surface area contributed by atoms with Gasteiger partial charge in [-0.15, -0.1) is 0 Å². The summed E-state index contributed by atoms with van der Waals surface area (Å²) in [7, 11) is 0. The molecule has 0 aliphatic carbocycles. The van der Waals surface area contributed by atoms with E-state index in [9.17, 15) is 14.4 Å². The minimum atomic E-state index is -0.779. The number of hydrogen-bond donors (Lipinski definition) is 1. The molecule has 0 aromatic heterocycles. The largest absolute Gasteiger partial charge is 0.444 e. The number of unbranched alkanes of at least 4 members (excludes halogenated alkanes) is 2. The standard InChI is InChI=1S/C16H28N2O5/c1-15(2,3)22-13(20)17-12(10-8-7-9-11-19)18-14(21)23-16(4,5)6/h11H,7-10H2,1-6H3,(H,17,18,20,21). The molecule has 0 heterocycles. The Kier molecular flexibility index (Phi) is 8.50. The third-order valence-electron chi connectivity index (χ3n) is 2.25. The van der Waals surface area contributed by atoms with E-state index in [0.717, 1.165) is 6.29 Å². The molecule has 0 fully saturated rings. The van der Waals surface area contributed by atoms with Gasteiger partial charge in [0.05, 0.1) is 0 Å². The van der Waals surface area contributed by atoms with Crippen molar-refractivity contribution in [3.63, 3.8) is 0 Å². The lowest BCUT2D eigenvalue weighted by Crippen LogP contribution is -2.37. The molecule has 0 aliphatic heterocycles. The van der Waals surface area contributed by atoms with Crippen LogP contribution in [0.15, 0.2) is 4.99 Å². The van der Waals surface area contributed by atoms with Crippen molar-refractivity contribution in [1.29, 1.82) is 0 Å². The second-order valence-electron chi connectivity index (χ2n) is 7.08. The van der Waals surface area contributed by atoms with Crippen LogP contribution in [0.3, 0.4) is 0 Å². The Morgan fingerprint density at radius 3 is 2.04 bits per heavy atom. The van der Waals surface area contributed by atoms with Crippen LogP contribution in [0.25, 0.3) is 0 Å². The van der Waals surface area contributed by atoms with Crippen molar-refractivity contribution in [3.8, 4) is 0 Å². The minimum Gasteiger partial charge on any atom is -0.444 e. The molecular formula is C16H28N2O5. The lowest BCUT2D eigenvalue weighted by Gasteiger charge is -2.20. The number of carbonyl (C=O) groups is 3. The topological polar surface area (TPSA) is 94.1 Å². The van der Waals surface area contributed by atoms with E-state index in [4.69, 9.17) is 9.47 Å². The average Bonchev–Trinajstić information content (AvgIpc) is 2.29. The molecule has 0 saturated heterocycles. The predicted octanol–water partition coefficient (Wildman–Crippen LogP) is 3.60. The van der Waals surface area contributed by atoms with Crippen LogP contribution in [-0.4, -0.2) is 35.5 Å². The molecule has 0 aromatic rings. The van der Waals surface area contributed by atoms with E-state index in [1.54, 1.807) is 41.5 Å². The van der Waals surface area contributed by atoms with E-state index in [-0.39, 0.29) is 5.84 Å². The Morgan fingerprint density at radius 2 is 1.57 bits per heavy atom. The molecule has 0 saturated carbocycles. The van der Waals surface area contributed by atoms with Crippen molar-refractivity contribution in [2.75, 3.05) is 0 Å². The summed E-state index contributed by atoms with van der Waals surface area (Å²) in [5.41, 5.74) is -1.33. The van der Waals surface area contributed by atoms with Gasteiger partial charge in [-0.2, -0.15) is 4.99 Å². The number of amides is 2. The second kappa shape index (κ2) is 9.27. The van der Waals surface area contributed by atoms with Gasteiger partial charge in [-0.05, 0) is 54.4 Å². The number of ether oxygens (including phenoxy) is 2. The first-order valence-corrected chi connectivity index (χ1v) is 7.67. The van der Waals surface area contributed by atoms with Crippen LogP contribution >= 0.6 is 0 Å². The number of aliphatic imine (C=N–C) groups is 1. The van der Waals surface area contributed by atoms with Crippen molar-refractivity contribution in [3.05, 3.63) is 0 Å². The number of amidine groups is 1. The Balaban J connectivity index is 4.82. The fourth-order valence-corrected chi connectivity index (χ4v) is 1.48. The van der Waals surface area contributed by atoms with Gasteiger partial charge in [-0.1, -0.05) is 0 Å². The molecule has 23 heavy (non-hydrogen) atoms. The first-order valence-electron chi connectivity index (χ1n) is 7.67. The summed E-state index contributed by atoms with van der Waals surface area (Å²) < 4.78 is 10.2. The molecule has 7 heteroatoms. The maximum Gasteiger partial charge on any atom is 0.435 e. The SMILES string of the molecule is CC(C)(C)OC(=O)/N=C(/CCCCC=O)NC(=O)OC(C)(C)C. The molecule has 2 amide bonds. The van der Waals surface area contributed by atoms with Gasteiger partial charge >= 0.3 is 12.2 Å². The third kappa shape index (κ3) is 13.5. The van der Waals surface area contributed by atoms with Crippen LogP contribution in [0.5, 0.6) is 0 Å². The molecule has 0 spiro atoms. The zero-order valence-electron chi connectivity index (χ0n) is 14.9. The van der Waals surface area contributed by atoms with Crippen molar-refractivity contribution in [2.45, 2.75) is 78.4 Å². The van der Waals surface area contributed by atoms with Crippen molar-refractivity contribution < 1.29 is 23.9 Å². The molecule has 0 rings (SSSR count). The Bertz CT molecular complexity index is 444. The Morgan fingerprint density at radius 1 is 1.00 bits per heavy atom. The van der Waals surface area contributed by atoms with Gasteiger partial charge in [-0.3, -0.25) is 5.32 Å². The van der Waals surface area contributed by atoms with Crippen LogP contribution in [0.1, 0.15) is 67.2 Å². The highest BCUT2D eigenvalue weighted by Crippen LogP contribution is 2.10. The predicted molar refractivity (Wildman–Crippen MR) is 87.6 cm³/mol. The quantitative estimate of drug-likeness (QED) is 0.360. The van der Waals surface area contributed by atoms with Crippen molar-refractivity contribution in [2.24, 2.45) is 4.99 Å². The molecule has 132 valence electrons. The first kappa shape index (κ1) is 21.1. The minimum absolute atomic E-state index is 0.166.